The van der Waals surface area contributed by atoms with Gasteiger partial charge in [0, 0.05) is 27.1 Å². The molecule has 1 aromatic rings. The van der Waals surface area contributed by atoms with Crippen molar-refractivity contribution in [1.82, 2.24) is 10.2 Å². The predicted octanol–water partition coefficient (Wildman–Crippen LogP) is 1.25. The summed E-state index contributed by atoms with van der Waals surface area (Å²) in [4.78, 5) is 13.9. The van der Waals surface area contributed by atoms with Crippen LogP contribution in [0.4, 0.5) is 4.79 Å². The van der Waals surface area contributed by atoms with Crippen LogP contribution in [0, 0.1) is 11.8 Å². The van der Waals surface area contributed by atoms with Crippen molar-refractivity contribution in [3.63, 3.8) is 0 Å². The molecule has 1 aromatic heterocycles. The van der Waals surface area contributed by atoms with Gasteiger partial charge < -0.3 is 15.3 Å². The van der Waals surface area contributed by atoms with E-state index in [1.165, 1.54) is 0 Å². The Bertz CT molecular complexity index is 431. The molecule has 0 atom stereocenters. The lowest BCUT2D eigenvalue weighted by molar-refractivity contribution is 0.209. The lowest BCUT2D eigenvalue weighted by atomic mass is 10.3. The molecule has 0 bridgehead atoms. The maximum absolute atomic E-state index is 11.3. The fourth-order valence-corrected chi connectivity index (χ4v) is 2.04. The van der Waals surface area contributed by atoms with E-state index in [0.29, 0.717) is 13.0 Å². The third-order valence-electron chi connectivity index (χ3n) is 2.08. The van der Waals surface area contributed by atoms with Crippen molar-refractivity contribution in [1.29, 1.82) is 0 Å². The van der Waals surface area contributed by atoms with Gasteiger partial charge in [-0.25, -0.2) is 4.79 Å². The van der Waals surface area contributed by atoms with E-state index in [1.54, 1.807) is 30.3 Å². The number of amides is 2. The molecule has 0 unspecified atom stereocenters. The number of carbonyl (C=O) groups excluding carboxylic acids is 1. The van der Waals surface area contributed by atoms with Crippen molar-refractivity contribution in [3.8, 4) is 11.8 Å². The Morgan fingerprint density at radius 3 is 3.06 bits per heavy atom. The molecule has 17 heavy (non-hydrogen) atoms. The summed E-state index contributed by atoms with van der Waals surface area (Å²) in [5.41, 5.74) is 1.06. The second kappa shape index (κ2) is 6.94. The Hall–Kier alpha value is -1.51. The van der Waals surface area contributed by atoms with Gasteiger partial charge >= 0.3 is 6.03 Å². The minimum absolute atomic E-state index is 0.0879. The zero-order valence-electron chi connectivity index (χ0n) is 9.99. The van der Waals surface area contributed by atoms with E-state index in [1.807, 2.05) is 11.4 Å². The van der Waals surface area contributed by atoms with Crippen LogP contribution in [-0.4, -0.2) is 36.7 Å². The Morgan fingerprint density at radius 2 is 2.41 bits per heavy atom. The van der Waals surface area contributed by atoms with Crippen molar-refractivity contribution in [3.05, 3.63) is 21.9 Å². The summed E-state index contributed by atoms with van der Waals surface area (Å²) in [7, 11) is 3.35. The number of nitrogens with one attached hydrogen (secondary N) is 1. The second-order valence-corrected chi connectivity index (χ2v) is 4.42. The predicted molar refractivity (Wildman–Crippen MR) is 68.8 cm³/mol. The molecule has 0 aliphatic rings. The number of aliphatic hydroxyl groups excluding tert-OH is 1. The fourth-order valence-electron chi connectivity index (χ4n) is 1.27. The Balaban J connectivity index is 2.57. The van der Waals surface area contributed by atoms with Gasteiger partial charge in [-0.2, -0.15) is 0 Å². The zero-order valence-corrected chi connectivity index (χ0v) is 10.8. The molecule has 2 N–H and O–H groups in total. The molecule has 4 nitrogen and oxygen atoms in total. The number of thiophene rings is 1. The smallest absolute Gasteiger partial charge is 0.317 e. The number of hydrogen-bond acceptors (Lipinski definition) is 3. The van der Waals surface area contributed by atoms with Crippen LogP contribution in [-0.2, 0) is 6.54 Å². The van der Waals surface area contributed by atoms with E-state index in [-0.39, 0.29) is 12.6 Å². The molecule has 1 rings (SSSR count). The Labute approximate surface area is 105 Å². The van der Waals surface area contributed by atoms with Crippen LogP contribution < -0.4 is 5.32 Å². The minimum Gasteiger partial charge on any atom is -0.395 e. The third-order valence-corrected chi connectivity index (χ3v) is 2.98. The number of aliphatic hydroxyl groups is 1. The van der Waals surface area contributed by atoms with Gasteiger partial charge in [-0.3, -0.25) is 0 Å². The van der Waals surface area contributed by atoms with Crippen molar-refractivity contribution in [2.24, 2.45) is 0 Å². The summed E-state index contributed by atoms with van der Waals surface area (Å²) >= 11 is 1.55. The SMILES string of the molecule is CNC(=O)N(C)Cc1csc(C#CCCO)c1. The molecule has 0 radical (unpaired) electrons. The highest BCUT2D eigenvalue weighted by Gasteiger charge is 2.07. The van der Waals surface area contributed by atoms with Crippen LogP contribution in [0.3, 0.4) is 0 Å². The number of urea groups is 1. The summed E-state index contributed by atoms with van der Waals surface area (Å²) in [6.45, 7) is 0.655. The maximum atomic E-state index is 11.3. The molecule has 0 saturated heterocycles. The van der Waals surface area contributed by atoms with Crippen LogP contribution in [0.1, 0.15) is 16.9 Å². The van der Waals surface area contributed by atoms with Gasteiger partial charge in [-0.15, -0.1) is 11.3 Å². The van der Waals surface area contributed by atoms with Crippen LogP contribution >= 0.6 is 11.3 Å². The van der Waals surface area contributed by atoms with Crippen molar-refractivity contribution in [2.75, 3.05) is 20.7 Å². The summed E-state index contributed by atoms with van der Waals surface area (Å²) in [6, 6.07) is 1.86. The van der Waals surface area contributed by atoms with Crippen molar-refractivity contribution < 1.29 is 9.90 Å². The van der Waals surface area contributed by atoms with Gasteiger partial charge in [0.1, 0.15) is 0 Å². The van der Waals surface area contributed by atoms with Gasteiger partial charge in [-0.1, -0.05) is 11.8 Å². The summed E-state index contributed by atoms with van der Waals surface area (Å²) < 4.78 is 0. The molecule has 0 aliphatic heterocycles. The van der Waals surface area contributed by atoms with E-state index >= 15 is 0 Å². The number of hydrogen-bond donors (Lipinski definition) is 2. The first-order valence-electron chi connectivity index (χ1n) is 5.27. The van der Waals surface area contributed by atoms with Crippen LogP contribution in [0.15, 0.2) is 11.4 Å². The van der Waals surface area contributed by atoms with Gasteiger partial charge in [0.15, 0.2) is 0 Å². The van der Waals surface area contributed by atoms with Crippen molar-refractivity contribution >= 4 is 17.4 Å². The lowest BCUT2D eigenvalue weighted by Gasteiger charge is -2.15. The third kappa shape index (κ3) is 4.47. The molecule has 1 heterocycles. The van der Waals surface area contributed by atoms with E-state index in [4.69, 9.17) is 5.11 Å². The fraction of sp³-hybridized carbons (Fsp3) is 0.417. The molecule has 5 heteroatoms. The standard InChI is InChI=1S/C12H16N2O2S/c1-13-12(16)14(2)8-10-7-11(17-9-10)5-3-4-6-15/h7,9,15H,4,6,8H2,1-2H3,(H,13,16). The minimum atomic E-state index is -0.107. The molecule has 92 valence electrons. The monoisotopic (exact) mass is 252 g/mol. The lowest BCUT2D eigenvalue weighted by Crippen LogP contribution is -2.34. The van der Waals surface area contributed by atoms with Crippen LogP contribution in [0.2, 0.25) is 0 Å². The number of nitrogens with zero attached hydrogens (tertiary/aromatic N) is 1. The first-order chi connectivity index (χ1) is 8.17. The highest BCUT2D eigenvalue weighted by Crippen LogP contribution is 2.15. The van der Waals surface area contributed by atoms with E-state index in [0.717, 1.165) is 10.4 Å². The highest BCUT2D eigenvalue weighted by molar-refractivity contribution is 7.10. The first-order valence-corrected chi connectivity index (χ1v) is 6.15. The van der Waals surface area contributed by atoms with Gasteiger partial charge in [0.2, 0.25) is 0 Å². The van der Waals surface area contributed by atoms with E-state index in [9.17, 15) is 4.79 Å². The van der Waals surface area contributed by atoms with Crippen LogP contribution in [0.25, 0.3) is 0 Å². The molecule has 0 spiro atoms. The summed E-state index contributed by atoms with van der Waals surface area (Å²) in [5.74, 6) is 5.84. The second-order valence-electron chi connectivity index (χ2n) is 3.51. The van der Waals surface area contributed by atoms with Crippen molar-refractivity contribution in [2.45, 2.75) is 13.0 Å². The van der Waals surface area contributed by atoms with Crippen LogP contribution in [0.5, 0.6) is 0 Å². The molecular formula is C12H16N2O2S. The van der Waals surface area contributed by atoms with E-state index < -0.39 is 0 Å². The molecule has 0 aromatic carbocycles. The quantitative estimate of drug-likeness (QED) is 0.796. The molecule has 2 amide bonds. The average Bonchev–Trinajstić information content (AvgIpc) is 2.76. The first kappa shape index (κ1) is 13.6. The summed E-state index contributed by atoms with van der Waals surface area (Å²) in [6.07, 6.45) is 0.491. The summed E-state index contributed by atoms with van der Waals surface area (Å²) in [5, 5.41) is 13.2. The van der Waals surface area contributed by atoms with E-state index in [2.05, 4.69) is 17.2 Å². The normalized spacial score (nSPS) is 9.35. The zero-order chi connectivity index (χ0) is 12.7. The number of rotatable bonds is 3. The number of carbonyl (C=O) groups is 1. The van der Waals surface area contributed by atoms with Gasteiger partial charge in [0.05, 0.1) is 11.5 Å². The molecule has 0 aliphatic carbocycles. The molecule has 0 fully saturated rings. The van der Waals surface area contributed by atoms with Gasteiger partial charge in [0.25, 0.3) is 0 Å². The average molecular weight is 252 g/mol. The topological polar surface area (TPSA) is 52.6 Å². The Kier molecular flexibility index (Phi) is 5.53. The maximum Gasteiger partial charge on any atom is 0.317 e. The largest absolute Gasteiger partial charge is 0.395 e. The van der Waals surface area contributed by atoms with Gasteiger partial charge in [-0.05, 0) is 17.0 Å². The molecular weight excluding hydrogens is 236 g/mol. The Morgan fingerprint density at radius 1 is 1.65 bits per heavy atom. The highest BCUT2D eigenvalue weighted by atomic mass is 32.1. The molecule has 0 saturated carbocycles.